The standard InChI is InChI=1S/C16H20N4OS/c1-2-15(21)19-8-10-20(11-9-19)16-17-14(18-22-16)12-13-6-4-3-5-7-13/h3-7H,2,8-12H2,1H3. The van der Waals surface area contributed by atoms with Crippen molar-refractivity contribution in [3.05, 3.63) is 41.7 Å². The Labute approximate surface area is 134 Å². The number of carbonyl (C=O) groups is 1. The molecule has 0 spiro atoms. The number of hydrogen-bond donors (Lipinski definition) is 0. The maximum Gasteiger partial charge on any atom is 0.222 e. The first-order chi connectivity index (χ1) is 10.8. The molecule has 0 unspecified atom stereocenters. The molecule has 1 saturated heterocycles. The van der Waals surface area contributed by atoms with Crippen LogP contribution in [0.15, 0.2) is 30.3 Å². The van der Waals surface area contributed by atoms with E-state index in [4.69, 9.17) is 0 Å². The van der Waals surface area contributed by atoms with Crippen LogP contribution in [0.3, 0.4) is 0 Å². The summed E-state index contributed by atoms with van der Waals surface area (Å²) in [5.41, 5.74) is 1.23. The lowest BCUT2D eigenvalue weighted by Crippen LogP contribution is -2.48. The molecule has 6 heteroatoms. The first-order valence-corrected chi connectivity index (χ1v) is 8.43. The van der Waals surface area contributed by atoms with E-state index in [9.17, 15) is 4.79 Å². The molecule has 0 saturated carbocycles. The van der Waals surface area contributed by atoms with Crippen LogP contribution in [0.2, 0.25) is 0 Å². The molecule has 116 valence electrons. The van der Waals surface area contributed by atoms with Crippen molar-refractivity contribution in [1.29, 1.82) is 0 Å². The SMILES string of the molecule is CCC(=O)N1CCN(c2nc(Cc3ccccc3)ns2)CC1. The van der Waals surface area contributed by atoms with Crippen LogP contribution in [0, 0.1) is 0 Å². The molecule has 1 aromatic heterocycles. The summed E-state index contributed by atoms with van der Waals surface area (Å²) in [5.74, 6) is 1.11. The van der Waals surface area contributed by atoms with Crippen molar-refractivity contribution < 1.29 is 4.79 Å². The third-order valence-electron chi connectivity index (χ3n) is 3.87. The lowest BCUT2D eigenvalue weighted by Gasteiger charge is -2.34. The number of rotatable bonds is 4. The fourth-order valence-electron chi connectivity index (χ4n) is 2.59. The van der Waals surface area contributed by atoms with Gasteiger partial charge >= 0.3 is 0 Å². The lowest BCUT2D eigenvalue weighted by atomic mass is 10.1. The highest BCUT2D eigenvalue weighted by atomic mass is 32.1. The molecule has 1 aliphatic rings. The molecule has 2 aromatic rings. The number of benzene rings is 1. The molecule has 0 N–H and O–H groups in total. The van der Waals surface area contributed by atoms with Gasteiger partial charge in [-0.25, -0.2) is 4.98 Å². The smallest absolute Gasteiger partial charge is 0.222 e. The molecule has 5 nitrogen and oxygen atoms in total. The van der Waals surface area contributed by atoms with E-state index < -0.39 is 0 Å². The second-order valence-electron chi connectivity index (χ2n) is 5.38. The van der Waals surface area contributed by atoms with E-state index in [1.165, 1.54) is 17.1 Å². The average molecular weight is 316 g/mol. The molecule has 1 aromatic carbocycles. The van der Waals surface area contributed by atoms with Crippen molar-refractivity contribution in [2.45, 2.75) is 19.8 Å². The molecule has 0 bridgehead atoms. The third kappa shape index (κ3) is 3.44. The molecule has 22 heavy (non-hydrogen) atoms. The quantitative estimate of drug-likeness (QED) is 0.867. The number of hydrogen-bond acceptors (Lipinski definition) is 5. The number of piperazine rings is 1. The molecular formula is C16H20N4OS. The first-order valence-electron chi connectivity index (χ1n) is 7.65. The Kier molecular flexibility index (Phi) is 4.68. The summed E-state index contributed by atoms with van der Waals surface area (Å²) in [6, 6.07) is 10.3. The zero-order valence-corrected chi connectivity index (χ0v) is 13.6. The summed E-state index contributed by atoms with van der Waals surface area (Å²) in [6.07, 6.45) is 1.35. The Morgan fingerprint density at radius 3 is 2.59 bits per heavy atom. The molecule has 1 amide bonds. The van der Waals surface area contributed by atoms with Crippen LogP contribution in [0.25, 0.3) is 0 Å². The third-order valence-corrected chi connectivity index (χ3v) is 4.68. The molecule has 0 atom stereocenters. The van der Waals surface area contributed by atoms with Gasteiger partial charge in [0.25, 0.3) is 0 Å². The zero-order valence-electron chi connectivity index (χ0n) is 12.7. The van der Waals surface area contributed by atoms with Gasteiger partial charge in [0.05, 0.1) is 0 Å². The van der Waals surface area contributed by atoms with Gasteiger partial charge in [0.2, 0.25) is 11.0 Å². The van der Waals surface area contributed by atoms with Gasteiger partial charge in [-0.15, -0.1) is 0 Å². The monoisotopic (exact) mass is 316 g/mol. The van der Waals surface area contributed by atoms with Crippen molar-refractivity contribution in [3.8, 4) is 0 Å². The van der Waals surface area contributed by atoms with E-state index in [-0.39, 0.29) is 5.91 Å². The van der Waals surface area contributed by atoms with Gasteiger partial charge in [0.1, 0.15) is 5.82 Å². The van der Waals surface area contributed by atoms with E-state index in [1.807, 2.05) is 30.0 Å². The molecule has 0 aliphatic carbocycles. The predicted octanol–water partition coefficient (Wildman–Crippen LogP) is 2.19. The Morgan fingerprint density at radius 1 is 1.18 bits per heavy atom. The summed E-state index contributed by atoms with van der Waals surface area (Å²) in [4.78, 5) is 20.5. The average Bonchev–Trinajstić information content (AvgIpc) is 3.04. The number of carbonyl (C=O) groups excluding carboxylic acids is 1. The minimum atomic E-state index is 0.238. The molecule has 0 radical (unpaired) electrons. The number of nitrogens with zero attached hydrogens (tertiary/aromatic N) is 4. The van der Waals surface area contributed by atoms with Gasteiger partial charge in [-0.3, -0.25) is 4.79 Å². The van der Waals surface area contributed by atoms with Crippen LogP contribution >= 0.6 is 11.5 Å². The first kappa shape index (κ1) is 15.0. The van der Waals surface area contributed by atoms with Gasteiger partial charge in [-0.2, -0.15) is 4.37 Å². The summed E-state index contributed by atoms with van der Waals surface area (Å²) < 4.78 is 4.47. The second kappa shape index (κ2) is 6.87. The summed E-state index contributed by atoms with van der Waals surface area (Å²) >= 11 is 1.45. The summed E-state index contributed by atoms with van der Waals surface area (Å²) in [5, 5.41) is 0.967. The highest BCUT2D eigenvalue weighted by Crippen LogP contribution is 2.20. The fourth-order valence-corrected chi connectivity index (χ4v) is 3.33. The lowest BCUT2D eigenvalue weighted by molar-refractivity contribution is -0.131. The van der Waals surface area contributed by atoms with Crippen LogP contribution in [0.5, 0.6) is 0 Å². The summed E-state index contributed by atoms with van der Waals surface area (Å²) in [6.45, 7) is 5.15. The Balaban J connectivity index is 1.59. The van der Waals surface area contributed by atoms with Gasteiger partial charge in [-0.05, 0) is 5.56 Å². The van der Waals surface area contributed by atoms with Crippen LogP contribution in [-0.4, -0.2) is 46.3 Å². The highest BCUT2D eigenvalue weighted by molar-refractivity contribution is 7.09. The maximum atomic E-state index is 11.7. The van der Waals surface area contributed by atoms with Gasteiger partial charge in [0.15, 0.2) is 0 Å². The van der Waals surface area contributed by atoms with Crippen molar-refractivity contribution in [1.82, 2.24) is 14.3 Å². The van der Waals surface area contributed by atoms with Crippen LogP contribution < -0.4 is 4.90 Å². The van der Waals surface area contributed by atoms with E-state index in [2.05, 4.69) is 26.4 Å². The zero-order chi connectivity index (χ0) is 15.4. The Morgan fingerprint density at radius 2 is 1.91 bits per heavy atom. The van der Waals surface area contributed by atoms with Gasteiger partial charge in [0, 0.05) is 50.6 Å². The molecule has 1 fully saturated rings. The highest BCUT2D eigenvalue weighted by Gasteiger charge is 2.22. The fraction of sp³-hybridized carbons (Fsp3) is 0.438. The number of anilines is 1. The van der Waals surface area contributed by atoms with E-state index >= 15 is 0 Å². The van der Waals surface area contributed by atoms with E-state index in [0.717, 1.165) is 43.6 Å². The topological polar surface area (TPSA) is 49.3 Å². The van der Waals surface area contributed by atoms with E-state index in [0.29, 0.717) is 6.42 Å². The predicted molar refractivity (Wildman–Crippen MR) is 88.2 cm³/mol. The summed E-state index contributed by atoms with van der Waals surface area (Å²) in [7, 11) is 0. The van der Waals surface area contributed by atoms with Crippen molar-refractivity contribution in [2.24, 2.45) is 0 Å². The van der Waals surface area contributed by atoms with Crippen molar-refractivity contribution >= 4 is 22.6 Å². The van der Waals surface area contributed by atoms with Gasteiger partial charge in [-0.1, -0.05) is 37.3 Å². The molecule has 1 aliphatic heterocycles. The minimum absolute atomic E-state index is 0.238. The van der Waals surface area contributed by atoms with Crippen LogP contribution in [0.4, 0.5) is 5.13 Å². The van der Waals surface area contributed by atoms with Crippen molar-refractivity contribution in [2.75, 3.05) is 31.1 Å². The molecular weight excluding hydrogens is 296 g/mol. The largest absolute Gasteiger partial charge is 0.343 e. The van der Waals surface area contributed by atoms with Crippen molar-refractivity contribution in [3.63, 3.8) is 0 Å². The second-order valence-corrected chi connectivity index (χ2v) is 6.11. The molecule has 3 rings (SSSR count). The number of aromatic nitrogens is 2. The molecule has 2 heterocycles. The van der Waals surface area contributed by atoms with Gasteiger partial charge < -0.3 is 9.80 Å². The Bertz CT molecular complexity index is 620. The van der Waals surface area contributed by atoms with E-state index in [1.54, 1.807) is 0 Å². The number of amides is 1. The normalized spacial score (nSPS) is 15.1. The van der Waals surface area contributed by atoms with Crippen LogP contribution in [0.1, 0.15) is 24.7 Å². The minimum Gasteiger partial charge on any atom is -0.343 e. The Hall–Kier alpha value is -1.95. The van der Waals surface area contributed by atoms with Crippen LogP contribution in [-0.2, 0) is 11.2 Å². The maximum absolute atomic E-state index is 11.7.